The molecule has 2 unspecified atom stereocenters. The Morgan fingerprint density at radius 2 is 0.962 bits per heavy atom. The van der Waals surface area contributed by atoms with Crippen molar-refractivity contribution >= 4 is 50.2 Å². The van der Waals surface area contributed by atoms with Gasteiger partial charge in [-0.05, 0) is 84.2 Å². The highest BCUT2D eigenvalue weighted by Gasteiger charge is 2.30. The molecule has 0 radical (unpaired) electrons. The third-order valence-electron chi connectivity index (χ3n) is 11.7. The maximum Gasteiger partial charge on any atom is 0.0538 e. The number of hydrogen-bond acceptors (Lipinski definition) is 0. The molecule has 0 saturated carbocycles. The number of para-hydroxylation sites is 3. The molecule has 0 N–H and O–H groups in total. The van der Waals surface area contributed by atoms with Crippen LogP contribution in [0.25, 0.3) is 61.3 Å². The van der Waals surface area contributed by atoms with Gasteiger partial charge in [0.1, 0.15) is 0 Å². The first-order chi connectivity index (χ1) is 25.8. The van der Waals surface area contributed by atoms with E-state index in [9.17, 15) is 0 Å². The van der Waals surface area contributed by atoms with Crippen LogP contribution in [0.2, 0.25) is 0 Å². The van der Waals surface area contributed by atoms with Gasteiger partial charge in [-0.2, -0.15) is 0 Å². The second kappa shape index (κ2) is 12.7. The number of allylic oxidation sites excluding steroid dienone is 9. The SMILES string of the molecule is C[C@H]1CC=Cc2c(n(C3=CC=CCC3c3ccccc3-c3ccccc3C3CC=CC=C3n3c4ccccc4c4ccccc43)c3ccccc23)C1. The summed E-state index contributed by atoms with van der Waals surface area (Å²) in [4.78, 5) is 0. The lowest BCUT2D eigenvalue weighted by atomic mass is 9.79. The quantitative estimate of drug-likeness (QED) is 0.172. The van der Waals surface area contributed by atoms with Crippen LogP contribution in [0.15, 0.2) is 164 Å². The fraction of sp³-hybridized carbons (Fsp3) is 0.160. The normalized spacial score (nSPS) is 19.9. The summed E-state index contributed by atoms with van der Waals surface area (Å²) in [5.41, 5.74) is 14.8. The van der Waals surface area contributed by atoms with Crippen molar-refractivity contribution in [2.24, 2.45) is 5.92 Å². The van der Waals surface area contributed by atoms with Crippen LogP contribution in [0.4, 0.5) is 0 Å². The van der Waals surface area contributed by atoms with Crippen molar-refractivity contribution in [2.75, 3.05) is 0 Å². The summed E-state index contributed by atoms with van der Waals surface area (Å²) in [5, 5.41) is 3.96. The van der Waals surface area contributed by atoms with Crippen molar-refractivity contribution in [3.63, 3.8) is 0 Å². The van der Waals surface area contributed by atoms with Crippen LogP contribution in [0.3, 0.4) is 0 Å². The highest BCUT2D eigenvalue weighted by Crippen LogP contribution is 2.47. The second-order valence-corrected chi connectivity index (χ2v) is 14.8. The van der Waals surface area contributed by atoms with Gasteiger partial charge in [0.2, 0.25) is 0 Å². The molecule has 252 valence electrons. The van der Waals surface area contributed by atoms with Gasteiger partial charge in [0.25, 0.3) is 0 Å². The van der Waals surface area contributed by atoms with Crippen molar-refractivity contribution in [2.45, 2.75) is 44.4 Å². The summed E-state index contributed by atoms with van der Waals surface area (Å²) >= 11 is 0. The highest BCUT2D eigenvalue weighted by atomic mass is 15.0. The van der Waals surface area contributed by atoms with E-state index in [2.05, 4.69) is 186 Å². The molecule has 3 aliphatic carbocycles. The molecule has 2 heteroatoms. The Hall–Kier alpha value is -5.86. The first-order valence-corrected chi connectivity index (χ1v) is 19.0. The predicted molar refractivity (Wildman–Crippen MR) is 221 cm³/mol. The molecule has 2 aromatic heterocycles. The van der Waals surface area contributed by atoms with Gasteiger partial charge in [-0.1, -0.05) is 147 Å². The van der Waals surface area contributed by atoms with Crippen LogP contribution in [-0.4, -0.2) is 9.13 Å². The minimum atomic E-state index is 0.201. The summed E-state index contributed by atoms with van der Waals surface area (Å²) < 4.78 is 5.15. The van der Waals surface area contributed by atoms with E-state index >= 15 is 0 Å². The van der Waals surface area contributed by atoms with Gasteiger partial charge in [-0.3, -0.25) is 0 Å². The molecule has 5 aromatic carbocycles. The summed E-state index contributed by atoms with van der Waals surface area (Å²) in [6.07, 6.45) is 22.8. The van der Waals surface area contributed by atoms with E-state index in [0.29, 0.717) is 5.92 Å². The van der Waals surface area contributed by atoms with E-state index < -0.39 is 0 Å². The van der Waals surface area contributed by atoms with Crippen LogP contribution >= 0.6 is 0 Å². The first-order valence-electron chi connectivity index (χ1n) is 19.0. The van der Waals surface area contributed by atoms with Gasteiger partial charge in [0.05, 0.1) is 16.6 Å². The van der Waals surface area contributed by atoms with Crippen molar-refractivity contribution in [3.05, 3.63) is 186 Å². The monoisotopic (exact) mass is 670 g/mol. The lowest BCUT2D eigenvalue weighted by Gasteiger charge is -2.30. The Balaban J connectivity index is 1.13. The number of rotatable bonds is 5. The van der Waals surface area contributed by atoms with Crippen molar-refractivity contribution in [3.8, 4) is 11.1 Å². The lowest BCUT2D eigenvalue weighted by Crippen LogP contribution is -2.15. The Morgan fingerprint density at radius 3 is 1.56 bits per heavy atom. The third kappa shape index (κ3) is 4.93. The molecule has 3 atom stereocenters. The fourth-order valence-corrected chi connectivity index (χ4v) is 9.39. The van der Waals surface area contributed by atoms with E-state index in [1.807, 2.05) is 0 Å². The van der Waals surface area contributed by atoms with Gasteiger partial charge in [-0.15, -0.1) is 0 Å². The zero-order valence-corrected chi connectivity index (χ0v) is 29.6. The zero-order valence-electron chi connectivity index (χ0n) is 29.6. The number of fused-ring (bicyclic) bond motifs is 6. The number of nitrogens with zero attached hydrogens (tertiary/aromatic N) is 2. The van der Waals surface area contributed by atoms with Crippen LogP contribution < -0.4 is 0 Å². The highest BCUT2D eigenvalue weighted by molar-refractivity contribution is 6.10. The molecule has 2 heterocycles. The smallest absolute Gasteiger partial charge is 0.0538 e. The molecule has 7 aromatic rings. The summed E-state index contributed by atoms with van der Waals surface area (Å²) in [6, 6.07) is 45.2. The lowest BCUT2D eigenvalue weighted by molar-refractivity contribution is 0.579. The zero-order chi connectivity index (χ0) is 34.6. The largest absolute Gasteiger partial charge is 0.316 e. The van der Waals surface area contributed by atoms with Crippen LogP contribution in [0, 0.1) is 5.92 Å². The van der Waals surface area contributed by atoms with Crippen molar-refractivity contribution in [1.82, 2.24) is 9.13 Å². The Kier molecular flexibility index (Phi) is 7.57. The molecule has 0 amide bonds. The molecular formula is C50H42N2. The minimum absolute atomic E-state index is 0.201. The van der Waals surface area contributed by atoms with Crippen LogP contribution in [0.1, 0.15) is 60.4 Å². The van der Waals surface area contributed by atoms with Gasteiger partial charge in [-0.25, -0.2) is 0 Å². The standard InChI is InChI=1S/C50H42N2/c1-34-17-16-27-44-43-26-10-15-32-49(43)52(50(44)33-34)46-29-12-7-23-40(46)38-21-5-3-19-36(38)35-18-2-4-20-37(35)39-22-6-11-28-45(39)51-47-30-13-8-24-41(47)42-25-9-14-31-48(42)51/h2-16,18-21,24-32,34,39-40H,17,22-23,33H2,1H3/t34-,39?,40?/m0/s1. The minimum Gasteiger partial charge on any atom is -0.316 e. The molecule has 52 heavy (non-hydrogen) atoms. The van der Waals surface area contributed by atoms with Crippen molar-refractivity contribution < 1.29 is 0 Å². The summed E-state index contributed by atoms with van der Waals surface area (Å²) in [7, 11) is 0. The van der Waals surface area contributed by atoms with Crippen LogP contribution in [-0.2, 0) is 6.42 Å². The molecule has 2 nitrogen and oxygen atoms in total. The first kappa shape index (κ1) is 30.9. The Bertz CT molecular complexity index is 2610. The Labute approximate surface area is 306 Å². The average molecular weight is 671 g/mol. The number of hydrogen-bond donors (Lipinski definition) is 0. The molecule has 0 bridgehead atoms. The fourth-order valence-electron chi connectivity index (χ4n) is 9.39. The molecule has 0 fully saturated rings. The molecule has 3 aliphatic rings. The molecule has 0 saturated heterocycles. The molecular weight excluding hydrogens is 629 g/mol. The van der Waals surface area contributed by atoms with Gasteiger partial charge >= 0.3 is 0 Å². The molecule has 0 aliphatic heterocycles. The number of benzene rings is 5. The summed E-state index contributed by atoms with van der Waals surface area (Å²) in [5.74, 6) is 1.02. The van der Waals surface area contributed by atoms with Gasteiger partial charge < -0.3 is 9.13 Å². The molecule has 0 spiro atoms. The van der Waals surface area contributed by atoms with Crippen LogP contribution in [0.5, 0.6) is 0 Å². The average Bonchev–Trinajstić information content (AvgIpc) is 3.62. The third-order valence-corrected chi connectivity index (χ3v) is 11.7. The number of aromatic nitrogens is 2. The Morgan fingerprint density at radius 1 is 0.481 bits per heavy atom. The maximum absolute atomic E-state index is 2.63. The van der Waals surface area contributed by atoms with E-state index in [0.717, 1.165) is 25.7 Å². The van der Waals surface area contributed by atoms with Crippen molar-refractivity contribution in [1.29, 1.82) is 0 Å². The maximum atomic E-state index is 2.63. The second-order valence-electron chi connectivity index (χ2n) is 14.8. The van der Waals surface area contributed by atoms with Gasteiger partial charge in [0, 0.05) is 50.6 Å². The predicted octanol–water partition coefficient (Wildman–Crippen LogP) is 13.2. The summed E-state index contributed by atoms with van der Waals surface area (Å²) in [6.45, 7) is 2.39. The van der Waals surface area contributed by atoms with E-state index in [1.165, 1.54) is 77.6 Å². The topological polar surface area (TPSA) is 9.86 Å². The molecule has 10 rings (SSSR count). The van der Waals surface area contributed by atoms with E-state index in [-0.39, 0.29) is 11.8 Å². The van der Waals surface area contributed by atoms with E-state index in [1.54, 1.807) is 0 Å². The van der Waals surface area contributed by atoms with E-state index in [4.69, 9.17) is 0 Å². The van der Waals surface area contributed by atoms with Gasteiger partial charge in [0.15, 0.2) is 0 Å².